The third-order valence-electron chi connectivity index (χ3n) is 6.02. The molecule has 0 spiro atoms. The largest absolute Gasteiger partial charge is 0.488 e. The SMILES string of the molecule is O=c1c2ccccc2nc(-c2cc3ccccc3o2)n1N=Cc1ccc(OCc2ccccc2F)c(I)c1. The Balaban J connectivity index is 1.35. The van der Waals surface area contributed by atoms with Crippen molar-refractivity contribution in [1.29, 1.82) is 0 Å². The first kappa shape index (κ1) is 24.1. The second-order valence-electron chi connectivity index (χ2n) is 8.53. The van der Waals surface area contributed by atoms with Gasteiger partial charge in [0.15, 0.2) is 5.76 Å². The van der Waals surface area contributed by atoms with Crippen LogP contribution in [0.4, 0.5) is 4.39 Å². The molecule has 6 rings (SSSR count). The number of aromatic nitrogens is 2. The quantitative estimate of drug-likeness (QED) is 0.149. The van der Waals surface area contributed by atoms with Crippen LogP contribution in [0.1, 0.15) is 11.1 Å². The summed E-state index contributed by atoms with van der Waals surface area (Å²) in [5.74, 6) is 1.07. The van der Waals surface area contributed by atoms with E-state index in [1.165, 1.54) is 10.7 Å². The molecule has 4 aromatic carbocycles. The summed E-state index contributed by atoms with van der Waals surface area (Å²) < 4.78 is 27.9. The van der Waals surface area contributed by atoms with Gasteiger partial charge in [0, 0.05) is 10.9 Å². The van der Waals surface area contributed by atoms with Crippen LogP contribution in [0, 0.1) is 9.39 Å². The zero-order valence-corrected chi connectivity index (χ0v) is 22.0. The Labute approximate surface area is 230 Å². The van der Waals surface area contributed by atoms with Gasteiger partial charge in [-0.3, -0.25) is 4.79 Å². The van der Waals surface area contributed by atoms with Crippen molar-refractivity contribution in [1.82, 2.24) is 9.66 Å². The molecule has 0 saturated heterocycles. The average molecular weight is 615 g/mol. The minimum absolute atomic E-state index is 0.120. The lowest BCUT2D eigenvalue weighted by Crippen LogP contribution is -2.20. The predicted molar refractivity (Wildman–Crippen MR) is 154 cm³/mol. The van der Waals surface area contributed by atoms with Crippen molar-refractivity contribution in [3.05, 3.63) is 128 Å². The standard InChI is InChI=1S/C30H19FIN3O3/c31-23-10-4-1-8-21(23)18-37-27-14-13-19(15-24(27)32)17-33-35-29(28-16-20-7-2-6-12-26(20)38-28)34-25-11-5-3-9-22(25)30(35)36/h1-17H,18H2. The molecule has 0 bridgehead atoms. The van der Waals surface area contributed by atoms with Gasteiger partial charge in [-0.15, -0.1) is 0 Å². The highest BCUT2D eigenvalue weighted by Crippen LogP contribution is 2.27. The highest BCUT2D eigenvalue weighted by molar-refractivity contribution is 14.1. The van der Waals surface area contributed by atoms with Gasteiger partial charge < -0.3 is 9.15 Å². The number of furan rings is 1. The van der Waals surface area contributed by atoms with Crippen molar-refractivity contribution in [3.8, 4) is 17.3 Å². The van der Waals surface area contributed by atoms with Gasteiger partial charge in [0.25, 0.3) is 5.56 Å². The highest BCUT2D eigenvalue weighted by Gasteiger charge is 2.16. The smallest absolute Gasteiger partial charge is 0.282 e. The molecular formula is C30H19FIN3O3. The predicted octanol–water partition coefficient (Wildman–Crippen LogP) is 7.01. The molecule has 186 valence electrons. The number of rotatable bonds is 6. The molecule has 2 aromatic heterocycles. The fourth-order valence-electron chi connectivity index (χ4n) is 4.09. The van der Waals surface area contributed by atoms with Crippen molar-refractivity contribution in [3.63, 3.8) is 0 Å². The molecule has 0 aliphatic rings. The maximum absolute atomic E-state index is 13.9. The monoisotopic (exact) mass is 615 g/mol. The van der Waals surface area contributed by atoms with E-state index in [4.69, 9.17) is 14.1 Å². The summed E-state index contributed by atoms with van der Waals surface area (Å²) in [7, 11) is 0. The number of ether oxygens (including phenoxy) is 1. The molecule has 0 aliphatic heterocycles. The third-order valence-corrected chi connectivity index (χ3v) is 6.86. The summed E-state index contributed by atoms with van der Waals surface area (Å²) in [4.78, 5) is 18.2. The van der Waals surface area contributed by atoms with E-state index in [1.807, 2.05) is 48.5 Å². The van der Waals surface area contributed by atoms with Crippen molar-refractivity contribution >= 4 is 50.7 Å². The summed E-state index contributed by atoms with van der Waals surface area (Å²) in [6, 6.07) is 28.6. The summed E-state index contributed by atoms with van der Waals surface area (Å²) in [5.41, 5.74) is 2.19. The lowest BCUT2D eigenvalue weighted by Gasteiger charge is -2.10. The summed E-state index contributed by atoms with van der Waals surface area (Å²) in [6.45, 7) is 0.120. The van der Waals surface area contributed by atoms with Crippen molar-refractivity contribution < 1.29 is 13.5 Å². The van der Waals surface area contributed by atoms with Gasteiger partial charge in [-0.1, -0.05) is 48.5 Å². The molecule has 0 fully saturated rings. The number of para-hydroxylation sites is 2. The zero-order chi connectivity index (χ0) is 26.1. The first-order valence-electron chi connectivity index (χ1n) is 11.8. The molecule has 0 N–H and O–H groups in total. The molecule has 0 aliphatic carbocycles. The number of hydrogen-bond donors (Lipinski definition) is 0. The van der Waals surface area contributed by atoms with E-state index in [-0.39, 0.29) is 18.0 Å². The summed E-state index contributed by atoms with van der Waals surface area (Å²) in [5, 5.41) is 5.87. The molecule has 0 amide bonds. The van der Waals surface area contributed by atoms with Gasteiger partial charge in [-0.25, -0.2) is 9.37 Å². The van der Waals surface area contributed by atoms with Gasteiger partial charge >= 0.3 is 0 Å². The lowest BCUT2D eigenvalue weighted by molar-refractivity contribution is 0.297. The van der Waals surface area contributed by atoms with Gasteiger partial charge in [0.05, 0.1) is 20.7 Å². The summed E-state index contributed by atoms with van der Waals surface area (Å²) >= 11 is 2.16. The third kappa shape index (κ3) is 4.70. The van der Waals surface area contributed by atoms with Crippen LogP contribution in [0.25, 0.3) is 33.5 Å². The zero-order valence-electron chi connectivity index (χ0n) is 19.8. The van der Waals surface area contributed by atoms with E-state index in [1.54, 1.807) is 48.7 Å². The van der Waals surface area contributed by atoms with Crippen LogP contribution >= 0.6 is 22.6 Å². The molecule has 0 unspecified atom stereocenters. The van der Waals surface area contributed by atoms with Crippen LogP contribution in [-0.4, -0.2) is 15.9 Å². The maximum Gasteiger partial charge on any atom is 0.282 e. The highest BCUT2D eigenvalue weighted by atomic mass is 127. The topological polar surface area (TPSA) is 69.6 Å². The lowest BCUT2D eigenvalue weighted by atomic mass is 10.2. The molecule has 8 heteroatoms. The van der Waals surface area contributed by atoms with Crippen LogP contribution in [0.3, 0.4) is 0 Å². The average Bonchev–Trinajstić information content (AvgIpc) is 3.37. The number of hydrogen-bond acceptors (Lipinski definition) is 5. The van der Waals surface area contributed by atoms with Crippen LogP contribution in [-0.2, 0) is 6.61 Å². The number of benzene rings is 4. The Bertz CT molecular complexity index is 1860. The Kier molecular flexibility index (Phi) is 6.47. The number of halogens is 2. The van der Waals surface area contributed by atoms with Crippen LogP contribution < -0.4 is 10.3 Å². The van der Waals surface area contributed by atoms with E-state index in [0.717, 1.165) is 14.5 Å². The fraction of sp³-hybridized carbons (Fsp3) is 0.0333. The molecule has 0 saturated carbocycles. The fourth-order valence-corrected chi connectivity index (χ4v) is 4.79. The second-order valence-corrected chi connectivity index (χ2v) is 9.69. The van der Waals surface area contributed by atoms with E-state index in [9.17, 15) is 9.18 Å². The Morgan fingerprint density at radius 1 is 0.974 bits per heavy atom. The van der Waals surface area contributed by atoms with Crippen LogP contribution in [0.5, 0.6) is 5.75 Å². The minimum atomic E-state index is -0.305. The molecule has 38 heavy (non-hydrogen) atoms. The molecule has 2 heterocycles. The normalized spacial score (nSPS) is 11.5. The van der Waals surface area contributed by atoms with Gasteiger partial charge in [-0.2, -0.15) is 9.78 Å². The second kappa shape index (κ2) is 10.2. The molecule has 6 nitrogen and oxygen atoms in total. The molecular weight excluding hydrogens is 596 g/mol. The van der Waals surface area contributed by atoms with E-state index < -0.39 is 0 Å². The Hall–Kier alpha value is -4.31. The first-order chi connectivity index (χ1) is 18.6. The minimum Gasteiger partial charge on any atom is -0.488 e. The van der Waals surface area contributed by atoms with Crippen molar-refractivity contribution in [2.45, 2.75) is 6.61 Å². The molecule has 0 atom stereocenters. The first-order valence-corrected chi connectivity index (χ1v) is 12.9. The maximum atomic E-state index is 13.9. The Morgan fingerprint density at radius 3 is 2.61 bits per heavy atom. The number of fused-ring (bicyclic) bond motifs is 2. The van der Waals surface area contributed by atoms with Gasteiger partial charge in [0.1, 0.15) is 23.8 Å². The van der Waals surface area contributed by atoms with Crippen LogP contribution in [0.15, 0.2) is 111 Å². The Morgan fingerprint density at radius 2 is 1.76 bits per heavy atom. The van der Waals surface area contributed by atoms with Gasteiger partial charge in [-0.05, 0) is 76.7 Å². The van der Waals surface area contributed by atoms with Crippen molar-refractivity contribution in [2.24, 2.45) is 5.10 Å². The molecule has 6 aromatic rings. The van der Waals surface area contributed by atoms with Gasteiger partial charge in [0.2, 0.25) is 5.82 Å². The summed E-state index contributed by atoms with van der Waals surface area (Å²) in [6.07, 6.45) is 1.59. The van der Waals surface area contributed by atoms with Crippen molar-refractivity contribution in [2.75, 3.05) is 0 Å². The molecule has 0 radical (unpaired) electrons. The number of nitrogens with zero attached hydrogens (tertiary/aromatic N) is 3. The van der Waals surface area contributed by atoms with E-state index in [0.29, 0.717) is 39.4 Å². The van der Waals surface area contributed by atoms with Crippen LogP contribution in [0.2, 0.25) is 0 Å². The van der Waals surface area contributed by atoms with E-state index in [2.05, 4.69) is 27.7 Å². The van der Waals surface area contributed by atoms with E-state index >= 15 is 0 Å².